The zero-order valence-electron chi connectivity index (χ0n) is 9.33. The number of hydrogen-bond acceptors (Lipinski definition) is 3. The Morgan fingerprint density at radius 2 is 2.05 bits per heavy atom. The van der Waals surface area contributed by atoms with Crippen molar-refractivity contribution in [2.75, 3.05) is 0 Å². The highest BCUT2D eigenvalue weighted by atomic mass is 127. The van der Waals surface area contributed by atoms with Crippen molar-refractivity contribution in [3.8, 4) is 11.5 Å². The maximum Gasteiger partial charge on any atom is 0.258 e. The van der Waals surface area contributed by atoms with Gasteiger partial charge in [-0.25, -0.2) is 0 Å². The van der Waals surface area contributed by atoms with E-state index in [9.17, 15) is 0 Å². The molecule has 3 nitrogen and oxygen atoms in total. The van der Waals surface area contributed by atoms with Crippen molar-refractivity contribution in [2.24, 2.45) is 0 Å². The van der Waals surface area contributed by atoms with Crippen molar-refractivity contribution in [2.45, 2.75) is 10.2 Å². The highest BCUT2D eigenvalue weighted by molar-refractivity contribution is 14.1. The van der Waals surface area contributed by atoms with Gasteiger partial charge in [0.05, 0.1) is 0 Å². The van der Waals surface area contributed by atoms with Crippen LogP contribution in [0.5, 0.6) is 0 Å². The van der Waals surface area contributed by atoms with E-state index in [4.69, 9.17) is 39.3 Å². The van der Waals surface area contributed by atoms with Gasteiger partial charge in [-0.1, -0.05) is 52.1 Å². The third-order valence-corrected chi connectivity index (χ3v) is 4.32. The quantitative estimate of drug-likeness (QED) is 0.480. The molecule has 0 fully saturated rings. The molecule has 0 spiro atoms. The summed E-state index contributed by atoms with van der Waals surface area (Å²) in [6.45, 7) is 0. The molecule has 1 aromatic heterocycles. The predicted molar refractivity (Wildman–Crippen MR) is 84.7 cm³/mol. The predicted octanol–water partition coefficient (Wildman–Crippen LogP) is 4.90. The normalized spacial score (nSPS) is 14.4. The zero-order valence-corrected chi connectivity index (χ0v) is 13.8. The van der Waals surface area contributed by atoms with Gasteiger partial charge in [-0.05, 0) is 52.3 Å². The van der Waals surface area contributed by atoms with Crippen LogP contribution in [0.15, 0.2) is 28.8 Å². The molecule has 0 amide bonds. The number of alkyl halides is 3. The van der Waals surface area contributed by atoms with Crippen LogP contribution in [0.2, 0.25) is 0 Å². The molecule has 0 radical (unpaired) electrons. The number of aromatic nitrogens is 2. The summed E-state index contributed by atoms with van der Waals surface area (Å²) in [5.41, 5.74) is 3.29. The summed E-state index contributed by atoms with van der Waals surface area (Å²) in [6, 6.07) is 5.99. The second-order valence-electron chi connectivity index (χ2n) is 4.05. The summed E-state index contributed by atoms with van der Waals surface area (Å²) in [5, 5.41) is 3.68. The summed E-state index contributed by atoms with van der Waals surface area (Å²) in [4.78, 5) is 4.11. The molecule has 98 valence electrons. The molecule has 2 aromatic rings. The lowest BCUT2D eigenvalue weighted by molar-refractivity contribution is 0.423. The zero-order chi connectivity index (χ0) is 13.6. The van der Waals surface area contributed by atoms with Crippen LogP contribution in [-0.2, 0) is 10.2 Å². The number of rotatable bonds is 1. The van der Waals surface area contributed by atoms with Crippen LogP contribution < -0.4 is 0 Å². The molecule has 3 rings (SSSR count). The van der Waals surface area contributed by atoms with Gasteiger partial charge in [-0.2, -0.15) is 4.98 Å². The number of allylic oxidation sites excluding steroid dienone is 1. The molecule has 7 heteroatoms. The summed E-state index contributed by atoms with van der Waals surface area (Å²) in [6.07, 6.45) is 3.13. The first-order chi connectivity index (χ1) is 8.95. The molecule has 19 heavy (non-hydrogen) atoms. The second kappa shape index (κ2) is 4.91. The minimum absolute atomic E-state index is 0.0400. The van der Waals surface area contributed by atoms with Crippen molar-refractivity contribution >= 4 is 61.0 Å². The molecule has 0 aliphatic heterocycles. The summed E-state index contributed by atoms with van der Waals surface area (Å²) < 4.78 is 4.68. The molecule has 0 saturated heterocycles. The first kappa shape index (κ1) is 13.7. The summed E-state index contributed by atoms with van der Waals surface area (Å²) in [7, 11) is 0. The van der Waals surface area contributed by atoms with Gasteiger partial charge in [-0.15, -0.1) is 0 Å². The molecule has 1 heterocycles. The van der Waals surface area contributed by atoms with E-state index in [1.54, 1.807) is 0 Å². The third kappa shape index (κ3) is 2.63. The van der Waals surface area contributed by atoms with Crippen LogP contribution in [0, 0.1) is 0 Å². The molecule has 0 N–H and O–H groups in total. The fraction of sp³-hybridized carbons (Fsp3) is 0.167. The van der Waals surface area contributed by atoms with Crippen LogP contribution in [0.3, 0.4) is 0 Å². The molecule has 0 bridgehead atoms. The van der Waals surface area contributed by atoms with Gasteiger partial charge in [0.2, 0.25) is 5.82 Å². The van der Waals surface area contributed by atoms with Crippen LogP contribution in [-0.4, -0.2) is 10.1 Å². The van der Waals surface area contributed by atoms with Crippen LogP contribution in [0.25, 0.3) is 15.0 Å². The summed E-state index contributed by atoms with van der Waals surface area (Å²) >= 11 is 19.4. The van der Waals surface area contributed by atoms with Crippen LogP contribution in [0.4, 0.5) is 0 Å². The average Bonchev–Trinajstić information content (AvgIpc) is 2.96. The SMILES string of the molecule is ClC(Cl)(Cl)c1noc(-c2ccc3c(c2)C(I)=CC3)n1. The Bertz CT molecular complexity index is 676. The molecule has 1 aliphatic rings. The van der Waals surface area contributed by atoms with E-state index >= 15 is 0 Å². The van der Waals surface area contributed by atoms with Crippen molar-refractivity contribution < 1.29 is 4.52 Å². The minimum atomic E-state index is -1.67. The fourth-order valence-corrected chi connectivity index (χ4v) is 2.83. The molecule has 0 unspecified atom stereocenters. The first-order valence-corrected chi connectivity index (χ1v) is 7.56. The number of benzene rings is 1. The van der Waals surface area contributed by atoms with Crippen LogP contribution >= 0.6 is 57.4 Å². The van der Waals surface area contributed by atoms with Gasteiger partial charge in [0.1, 0.15) is 0 Å². The van der Waals surface area contributed by atoms with Gasteiger partial charge >= 0.3 is 0 Å². The average molecular weight is 427 g/mol. The Labute approximate surface area is 138 Å². The maximum atomic E-state index is 5.71. The number of hydrogen-bond donors (Lipinski definition) is 0. The Morgan fingerprint density at radius 3 is 2.74 bits per heavy atom. The van der Waals surface area contributed by atoms with Crippen molar-refractivity contribution in [1.82, 2.24) is 10.1 Å². The van der Waals surface area contributed by atoms with E-state index < -0.39 is 3.79 Å². The minimum Gasteiger partial charge on any atom is -0.334 e. The second-order valence-corrected chi connectivity index (χ2v) is 7.49. The lowest BCUT2D eigenvalue weighted by atomic mass is 10.1. The van der Waals surface area contributed by atoms with E-state index in [1.165, 1.54) is 14.7 Å². The first-order valence-electron chi connectivity index (χ1n) is 5.35. The Hall–Kier alpha value is -0.300. The van der Waals surface area contributed by atoms with Crippen molar-refractivity contribution in [3.05, 3.63) is 41.2 Å². The van der Waals surface area contributed by atoms with Gasteiger partial charge in [0.15, 0.2) is 0 Å². The monoisotopic (exact) mass is 426 g/mol. The standard InChI is InChI=1S/C12H6Cl3IN2O/c13-12(14,15)11-17-10(19-18-11)7-2-1-6-3-4-9(16)8(6)5-7/h1-2,4-5H,3H2. The number of nitrogens with zero attached hydrogens (tertiary/aromatic N) is 2. The van der Waals surface area contributed by atoms with Gasteiger partial charge < -0.3 is 4.52 Å². The lowest BCUT2D eigenvalue weighted by Crippen LogP contribution is -2.02. The number of fused-ring (bicyclic) bond motifs is 1. The molecule has 1 aliphatic carbocycles. The highest BCUT2D eigenvalue weighted by Gasteiger charge is 2.30. The van der Waals surface area contributed by atoms with Gasteiger partial charge in [0.25, 0.3) is 9.68 Å². The Morgan fingerprint density at radius 1 is 1.26 bits per heavy atom. The van der Waals surface area contributed by atoms with Gasteiger partial charge in [-0.3, -0.25) is 0 Å². The molecular weight excluding hydrogens is 421 g/mol. The Kier molecular flexibility index (Phi) is 3.53. The van der Waals surface area contributed by atoms with E-state index in [0.29, 0.717) is 5.89 Å². The van der Waals surface area contributed by atoms with E-state index in [1.807, 2.05) is 18.2 Å². The topological polar surface area (TPSA) is 38.9 Å². The maximum absolute atomic E-state index is 5.71. The lowest BCUT2D eigenvalue weighted by Gasteiger charge is -2.03. The number of halogens is 4. The van der Waals surface area contributed by atoms with E-state index in [2.05, 4.69) is 38.8 Å². The van der Waals surface area contributed by atoms with Crippen molar-refractivity contribution in [3.63, 3.8) is 0 Å². The smallest absolute Gasteiger partial charge is 0.258 e. The van der Waals surface area contributed by atoms with Crippen LogP contribution in [0.1, 0.15) is 17.0 Å². The fourth-order valence-electron chi connectivity index (χ4n) is 1.88. The highest BCUT2D eigenvalue weighted by Crippen LogP contribution is 2.38. The largest absolute Gasteiger partial charge is 0.334 e. The summed E-state index contributed by atoms with van der Waals surface area (Å²) in [5.74, 6) is 0.387. The third-order valence-electron chi connectivity index (χ3n) is 2.79. The molecular formula is C12H6Cl3IN2O. The Balaban J connectivity index is 2.02. The van der Waals surface area contributed by atoms with Gasteiger partial charge in [0, 0.05) is 9.14 Å². The molecule has 0 saturated carbocycles. The van der Waals surface area contributed by atoms with E-state index in [0.717, 1.165) is 12.0 Å². The van der Waals surface area contributed by atoms with E-state index in [-0.39, 0.29) is 5.82 Å². The molecule has 0 atom stereocenters. The van der Waals surface area contributed by atoms with Crippen molar-refractivity contribution in [1.29, 1.82) is 0 Å². The molecule has 1 aromatic carbocycles.